The predicted octanol–water partition coefficient (Wildman–Crippen LogP) is 5.73. The van der Waals surface area contributed by atoms with Crippen molar-refractivity contribution in [2.45, 2.75) is 43.4 Å². The fourth-order valence-electron chi connectivity index (χ4n) is 3.91. The molecule has 0 saturated heterocycles. The molecule has 2 heterocycles. The Balaban J connectivity index is 0.00000205. The molecule has 1 saturated carbocycles. The van der Waals surface area contributed by atoms with E-state index in [2.05, 4.69) is 11.1 Å². The van der Waals surface area contributed by atoms with Crippen molar-refractivity contribution in [2.75, 3.05) is 0 Å². The Morgan fingerprint density at radius 2 is 1.86 bits per heavy atom. The van der Waals surface area contributed by atoms with Gasteiger partial charge in [-0.15, -0.1) is 23.8 Å². The van der Waals surface area contributed by atoms with E-state index in [1.54, 1.807) is 12.1 Å². The Hall–Kier alpha value is -1.84. The molecule has 2 aliphatic rings. The first-order valence-electron chi connectivity index (χ1n) is 9.80. The number of rotatable bonds is 3. The molecule has 1 aromatic heterocycles. The van der Waals surface area contributed by atoms with E-state index in [-0.39, 0.29) is 26.8 Å². The van der Waals surface area contributed by atoms with Crippen molar-refractivity contribution >= 4 is 27.7 Å². The zero-order valence-corrected chi connectivity index (χ0v) is 18.9. The Morgan fingerprint density at radius 1 is 1.00 bits per heavy atom. The van der Waals surface area contributed by atoms with Crippen molar-refractivity contribution in [2.24, 2.45) is 4.99 Å². The number of hydrogen-bond acceptors (Lipinski definition) is 5. The quantitative estimate of drug-likeness (QED) is 0.400. The van der Waals surface area contributed by atoms with E-state index in [1.165, 1.54) is 32.1 Å². The molecule has 0 bridgehead atoms. The number of aromatic nitrogens is 1. The third-order valence-corrected chi connectivity index (χ3v) is 6.75. The summed E-state index contributed by atoms with van der Waals surface area (Å²) in [6, 6.07) is 18.7. The minimum atomic E-state index is 0. The molecule has 0 unspecified atom stereocenters. The molecule has 3 aromatic rings. The topological polar surface area (TPSA) is 54.7 Å². The maximum Gasteiger partial charge on any atom is 0.217 e. The van der Waals surface area contributed by atoms with Crippen LogP contribution in [0.3, 0.4) is 0 Å². The smallest absolute Gasteiger partial charge is 0.217 e. The van der Waals surface area contributed by atoms with Gasteiger partial charge in [0.2, 0.25) is 5.88 Å². The van der Waals surface area contributed by atoms with Gasteiger partial charge in [-0.1, -0.05) is 37.5 Å². The summed E-state index contributed by atoms with van der Waals surface area (Å²) in [6.07, 6.45) is 6.38. The van der Waals surface area contributed by atoms with Crippen LogP contribution < -0.4 is 4.74 Å². The zero-order chi connectivity index (χ0) is 18.9. The molecule has 0 amide bonds. The van der Waals surface area contributed by atoms with Gasteiger partial charge in [0.15, 0.2) is 0 Å². The van der Waals surface area contributed by atoms with E-state index in [4.69, 9.17) is 9.73 Å². The second-order valence-corrected chi connectivity index (χ2v) is 8.55. The number of nitrogens with zero attached hydrogens (tertiary/aromatic N) is 2. The molecule has 152 valence electrons. The van der Waals surface area contributed by atoms with E-state index in [1.807, 2.05) is 48.2 Å². The Kier molecular flexibility index (Phi) is 6.26. The molecule has 1 aliphatic carbocycles. The van der Waals surface area contributed by atoms with Crippen molar-refractivity contribution in [1.29, 1.82) is 0 Å². The average molecular weight is 585 g/mol. The van der Waals surface area contributed by atoms with Gasteiger partial charge in [-0.25, -0.2) is 4.98 Å². The van der Waals surface area contributed by atoms with E-state index in [9.17, 15) is 5.11 Å². The molecule has 5 rings (SSSR count). The van der Waals surface area contributed by atoms with Crippen molar-refractivity contribution in [3.63, 3.8) is 0 Å². The maximum absolute atomic E-state index is 10.0. The first-order chi connectivity index (χ1) is 13.8. The third-order valence-electron chi connectivity index (χ3n) is 5.35. The first kappa shape index (κ1) is 20.4. The number of aliphatic imine (C=N–C) groups is 1. The second-order valence-electron chi connectivity index (χ2n) is 7.33. The van der Waals surface area contributed by atoms with Crippen LogP contribution >= 0.6 is 11.8 Å². The molecule has 0 radical (unpaired) electrons. The number of aromatic hydroxyl groups is 1. The molecule has 1 aliphatic heterocycles. The molecular weight excluding hydrogens is 563 g/mol. The largest absolute Gasteiger partial charge is 0.506 e. The van der Waals surface area contributed by atoms with Gasteiger partial charge in [-0.05, 0) is 25.0 Å². The fourth-order valence-corrected chi connectivity index (χ4v) is 5.28. The monoisotopic (exact) mass is 584 g/mol. The van der Waals surface area contributed by atoms with Crippen LogP contribution in [0.15, 0.2) is 53.5 Å². The maximum atomic E-state index is 10.0. The van der Waals surface area contributed by atoms with Gasteiger partial charge >= 0.3 is 0 Å². The van der Waals surface area contributed by atoms with Crippen molar-refractivity contribution in [3.8, 4) is 17.4 Å². The van der Waals surface area contributed by atoms with E-state index < -0.39 is 0 Å². The van der Waals surface area contributed by atoms with Crippen LogP contribution in [0.2, 0.25) is 0 Å². The van der Waals surface area contributed by atoms with Gasteiger partial charge in [0.1, 0.15) is 11.3 Å². The SMILES string of the molecule is Oc1cccc2ccc(Oc3[c-]c(C4=N[C@H]5CCCCC[C@@H]5S4)ccc3)nc12.[Pt]. The minimum Gasteiger partial charge on any atom is -0.506 e. The Labute approximate surface area is 189 Å². The van der Waals surface area contributed by atoms with Gasteiger partial charge in [-0.3, -0.25) is 0 Å². The summed E-state index contributed by atoms with van der Waals surface area (Å²) in [5.41, 5.74) is 1.52. The molecule has 6 heteroatoms. The number of benzene rings is 2. The summed E-state index contributed by atoms with van der Waals surface area (Å²) in [4.78, 5) is 9.42. The van der Waals surface area contributed by atoms with Crippen LogP contribution in [0.4, 0.5) is 0 Å². The van der Waals surface area contributed by atoms with Crippen molar-refractivity contribution < 1.29 is 30.9 Å². The zero-order valence-electron chi connectivity index (χ0n) is 15.8. The number of ether oxygens (including phenoxy) is 1. The van der Waals surface area contributed by atoms with E-state index in [0.29, 0.717) is 28.4 Å². The molecule has 2 aromatic carbocycles. The number of phenolic OH excluding ortho intramolecular Hbond substituents is 1. The first-order valence-corrected chi connectivity index (χ1v) is 10.7. The summed E-state index contributed by atoms with van der Waals surface area (Å²) in [7, 11) is 0. The standard InChI is InChI=1S/C23H21N2O2S.Pt/c26-19-10-5-6-15-12-13-21(25-22(15)19)27-17-8-4-7-16(14-17)23-24-18-9-2-1-3-11-20(18)28-23;/h4-8,10,12-13,18,20,26H,1-3,9,11H2;/q-1;/t18-,20-;/m0./s1. The molecule has 4 nitrogen and oxygen atoms in total. The van der Waals surface area contributed by atoms with Crippen LogP contribution in [0, 0.1) is 6.07 Å². The van der Waals surface area contributed by atoms with Gasteiger partial charge in [-0.2, -0.15) is 11.8 Å². The minimum absolute atomic E-state index is 0. The van der Waals surface area contributed by atoms with Crippen LogP contribution in [0.5, 0.6) is 17.4 Å². The normalized spacial score (nSPS) is 21.0. The van der Waals surface area contributed by atoms with Crippen LogP contribution in [-0.4, -0.2) is 26.4 Å². The Morgan fingerprint density at radius 3 is 2.79 bits per heavy atom. The average Bonchev–Trinajstić information content (AvgIpc) is 2.99. The van der Waals surface area contributed by atoms with E-state index in [0.717, 1.165) is 16.0 Å². The van der Waals surface area contributed by atoms with Gasteiger partial charge < -0.3 is 14.8 Å². The number of thioether (sulfide) groups is 1. The molecule has 1 fully saturated rings. The number of phenols is 1. The number of hydrogen-bond donors (Lipinski definition) is 1. The van der Waals surface area contributed by atoms with Gasteiger partial charge in [0, 0.05) is 48.6 Å². The molecule has 0 spiro atoms. The fraction of sp³-hybridized carbons (Fsp3) is 0.304. The van der Waals surface area contributed by atoms with Gasteiger partial charge in [0.05, 0.1) is 6.04 Å². The van der Waals surface area contributed by atoms with Crippen molar-refractivity contribution in [1.82, 2.24) is 4.98 Å². The van der Waals surface area contributed by atoms with Crippen LogP contribution in [0.1, 0.15) is 37.7 Å². The molecule has 29 heavy (non-hydrogen) atoms. The molecular formula is C23H21N2O2PtS-. The summed E-state index contributed by atoms with van der Waals surface area (Å²) in [5.74, 6) is 1.19. The van der Waals surface area contributed by atoms with E-state index >= 15 is 0 Å². The summed E-state index contributed by atoms with van der Waals surface area (Å²) >= 11 is 1.89. The molecule has 2 atom stereocenters. The number of fused-ring (bicyclic) bond motifs is 2. The summed E-state index contributed by atoms with van der Waals surface area (Å²) in [6.45, 7) is 0. The molecule has 1 N–H and O–H groups in total. The number of pyridine rings is 1. The third kappa shape index (κ3) is 4.36. The number of para-hydroxylation sites is 1. The predicted molar refractivity (Wildman–Crippen MR) is 114 cm³/mol. The van der Waals surface area contributed by atoms with Crippen molar-refractivity contribution in [3.05, 3.63) is 60.2 Å². The van der Waals surface area contributed by atoms with Gasteiger partial charge in [0.25, 0.3) is 0 Å². The van der Waals surface area contributed by atoms with Crippen LogP contribution in [-0.2, 0) is 21.1 Å². The Bertz CT molecular complexity index is 1060. The summed E-state index contributed by atoms with van der Waals surface area (Å²) < 4.78 is 5.94. The second kappa shape index (κ2) is 8.89. The van der Waals surface area contributed by atoms with Crippen LogP contribution in [0.25, 0.3) is 10.9 Å². The summed E-state index contributed by atoms with van der Waals surface area (Å²) in [5, 5.41) is 12.6.